The topological polar surface area (TPSA) is 0 Å². The lowest BCUT2D eigenvalue weighted by molar-refractivity contribution is 0.582. The zero-order chi connectivity index (χ0) is 13.5. The summed E-state index contributed by atoms with van der Waals surface area (Å²) < 4.78 is 0. The summed E-state index contributed by atoms with van der Waals surface area (Å²) in [5.74, 6) is 0.409. The van der Waals surface area contributed by atoms with E-state index in [2.05, 4.69) is 81.5 Å². The molecule has 2 aromatic rings. The molecule has 2 aromatic carbocycles. The summed E-state index contributed by atoms with van der Waals surface area (Å²) in [6.07, 6.45) is 4.58. The Balaban J connectivity index is 2.13. The summed E-state index contributed by atoms with van der Waals surface area (Å²) in [4.78, 5) is 0. The van der Waals surface area contributed by atoms with Crippen molar-refractivity contribution in [3.8, 4) is 0 Å². The molecule has 0 heteroatoms. The number of rotatable bonds is 1. The van der Waals surface area contributed by atoms with Crippen molar-refractivity contribution in [1.29, 1.82) is 0 Å². The fraction of sp³-hybridized carbons (Fsp3) is 0.263. The minimum absolute atomic E-state index is 0.183. The van der Waals surface area contributed by atoms with Crippen LogP contribution in [0.25, 0.3) is 6.08 Å². The molecule has 0 saturated heterocycles. The molecule has 0 heterocycles. The lowest BCUT2D eigenvalue weighted by Crippen LogP contribution is -2.15. The Labute approximate surface area is 115 Å². The fourth-order valence-electron chi connectivity index (χ4n) is 2.97. The van der Waals surface area contributed by atoms with Gasteiger partial charge in [0, 0.05) is 5.92 Å². The number of hydrogen-bond donors (Lipinski definition) is 0. The standard InChI is InChI=1S/C19H20/c1-19(2,3)18-11-7-6-10-17(18)16-13-12-14-8-4-5-9-15(14)16/h4-13,16H,1-3H3. The highest BCUT2D eigenvalue weighted by Gasteiger charge is 2.25. The second-order valence-electron chi connectivity index (χ2n) is 6.30. The van der Waals surface area contributed by atoms with Gasteiger partial charge >= 0.3 is 0 Å². The van der Waals surface area contributed by atoms with E-state index in [1.807, 2.05) is 0 Å². The van der Waals surface area contributed by atoms with Crippen molar-refractivity contribution in [3.63, 3.8) is 0 Å². The van der Waals surface area contributed by atoms with Crippen LogP contribution in [-0.2, 0) is 5.41 Å². The van der Waals surface area contributed by atoms with Gasteiger partial charge in [0.2, 0.25) is 0 Å². The zero-order valence-electron chi connectivity index (χ0n) is 11.9. The number of hydrogen-bond acceptors (Lipinski definition) is 0. The van der Waals surface area contributed by atoms with E-state index in [-0.39, 0.29) is 5.41 Å². The Bertz CT molecular complexity index is 626. The quantitative estimate of drug-likeness (QED) is 0.655. The van der Waals surface area contributed by atoms with Gasteiger partial charge in [-0.1, -0.05) is 81.5 Å². The highest BCUT2D eigenvalue weighted by atomic mass is 14.3. The molecule has 19 heavy (non-hydrogen) atoms. The molecule has 1 atom stereocenters. The van der Waals surface area contributed by atoms with E-state index in [1.54, 1.807) is 0 Å². The normalized spacial score (nSPS) is 17.5. The van der Waals surface area contributed by atoms with E-state index >= 15 is 0 Å². The van der Waals surface area contributed by atoms with Crippen LogP contribution in [0.1, 0.15) is 48.9 Å². The molecule has 0 nitrogen and oxygen atoms in total. The van der Waals surface area contributed by atoms with Crippen LogP contribution in [0.4, 0.5) is 0 Å². The second-order valence-corrected chi connectivity index (χ2v) is 6.30. The summed E-state index contributed by atoms with van der Waals surface area (Å²) in [6, 6.07) is 17.5. The Kier molecular flexibility index (Phi) is 2.82. The molecule has 0 aliphatic heterocycles. The maximum absolute atomic E-state index is 2.33. The third-order valence-corrected chi connectivity index (χ3v) is 3.90. The fourth-order valence-corrected chi connectivity index (χ4v) is 2.97. The largest absolute Gasteiger partial charge is 0.0720 e. The first-order chi connectivity index (χ1) is 9.07. The first kappa shape index (κ1) is 12.2. The predicted molar refractivity (Wildman–Crippen MR) is 82.5 cm³/mol. The molecule has 0 bridgehead atoms. The number of allylic oxidation sites excluding steroid dienone is 1. The van der Waals surface area contributed by atoms with Gasteiger partial charge in [0.05, 0.1) is 0 Å². The van der Waals surface area contributed by atoms with Crippen LogP contribution in [0.3, 0.4) is 0 Å². The molecule has 96 valence electrons. The lowest BCUT2D eigenvalue weighted by Gasteiger charge is -2.25. The maximum Gasteiger partial charge on any atom is 0.0281 e. The number of fused-ring (bicyclic) bond motifs is 1. The first-order valence-electron chi connectivity index (χ1n) is 6.94. The Morgan fingerprint density at radius 2 is 1.42 bits per heavy atom. The molecule has 0 saturated carbocycles. The molecule has 1 unspecified atom stereocenters. The van der Waals surface area contributed by atoms with Crippen molar-refractivity contribution in [1.82, 2.24) is 0 Å². The monoisotopic (exact) mass is 248 g/mol. The Hall–Kier alpha value is -1.82. The molecule has 1 aliphatic carbocycles. The predicted octanol–water partition coefficient (Wildman–Crippen LogP) is 5.14. The molecule has 0 amide bonds. The van der Waals surface area contributed by atoms with E-state index in [0.717, 1.165) is 0 Å². The minimum Gasteiger partial charge on any atom is -0.0720 e. The van der Waals surface area contributed by atoms with Crippen molar-refractivity contribution in [2.45, 2.75) is 32.1 Å². The van der Waals surface area contributed by atoms with Crippen LogP contribution < -0.4 is 0 Å². The smallest absolute Gasteiger partial charge is 0.0281 e. The molecule has 0 spiro atoms. The average Bonchev–Trinajstić information content (AvgIpc) is 2.81. The highest BCUT2D eigenvalue weighted by molar-refractivity contribution is 5.66. The molecule has 0 fully saturated rings. The lowest BCUT2D eigenvalue weighted by atomic mass is 9.79. The van der Waals surface area contributed by atoms with Crippen LogP contribution >= 0.6 is 0 Å². The summed E-state index contributed by atoms with van der Waals surface area (Å²) in [6.45, 7) is 6.86. The highest BCUT2D eigenvalue weighted by Crippen LogP contribution is 2.39. The third-order valence-electron chi connectivity index (χ3n) is 3.90. The summed E-state index contributed by atoms with van der Waals surface area (Å²) >= 11 is 0. The van der Waals surface area contributed by atoms with E-state index in [0.29, 0.717) is 5.92 Å². The van der Waals surface area contributed by atoms with Crippen molar-refractivity contribution in [2.75, 3.05) is 0 Å². The Morgan fingerprint density at radius 3 is 2.16 bits per heavy atom. The zero-order valence-corrected chi connectivity index (χ0v) is 11.9. The van der Waals surface area contributed by atoms with Gasteiger partial charge in [-0.2, -0.15) is 0 Å². The average molecular weight is 248 g/mol. The van der Waals surface area contributed by atoms with Gasteiger partial charge in [0.25, 0.3) is 0 Å². The third kappa shape index (κ3) is 2.12. The van der Waals surface area contributed by atoms with Crippen LogP contribution in [0, 0.1) is 0 Å². The van der Waals surface area contributed by atoms with Gasteiger partial charge in [-0.15, -0.1) is 0 Å². The maximum atomic E-state index is 2.33. The van der Waals surface area contributed by atoms with Crippen LogP contribution in [0.15, 0.2) is 54.6 Å². The van der Waals surface area contributed by atoms with E-state index < -0.39 is 0 Å². The Morgan fingerprint density at radius 1 is 0.789 bits per heavy atom. The summed E-state index contributed by atoms with van der Waals surface area (Å²) in [5, 5.41) is 0. The van der Waals surface area contributed by atoms with Gasteiger partial charge in [-0.25, -0.2) is 0 Å². The van der Waals surface area contributed by atoms with E-state index in [9.17, 15) is 0 Å². The van der Waals surface area contributed by atoms with Crippen molar-refractivity contribution < 1.29 is 0 Å². The molecule has 0 aromatic heterocycles. The van der Waals surface area contributed by atoms with Gasteiger partial charge in [0.1, 0.15) is 0 Å². The molecule has 0 N–H and O–H groups in total. The van der Waals surface area contributed by atoms with Crippen LogP contribution in [-0.4, -0.2) is 0 Å². The van der Waals surface area contributed by atoms with Crippen molar-refractivity contribution in [2.24, 2.45) is 0 Å². The molecule has 1 aliphatic rings. The van der Waals surface area contributed by atoms with Crippen molar-refractivity contribution >= 4 is 6.08 Å². The summed E-state index contributed by atoms with van der Waals surface area (Å²) in [7, 11) is 0. The van der Waals surface area contributed by atoms with Gasteiger partial charge in [-0.3, -0.25) is 0 Å². The van der Waals surface area contributed by atoms with E-state index in [1.165, 1.54) is 22.3 Å². The van der Waals surface area contributed by atoms with Crippen LogP contribution in [0.2, 0.25) is 0 Å². The molecular weight excluding hydrogens is 228 g/mol. The SMILES string of the molecule is CC(C)(C)c1ccccc1C1C=Cc2ccccc21. The molecule has 3 rings (SSSR count). The molecule has 0 radical (unpaired) electrons. The summed E-state index contributed by atoms with van der Waals surface area (Å²) in [5.41, 5.74) is 5.86. The minimum atomic E-state index is 0.183. The van der Waals surface area contributed by atoms with E-state index in [4.69, 9.17) is 0 Å². The van der Waals surface area contributed by atoms with Gasteiger partial charge < -0.3 is 0 Å². The molecular formula is C19H20. The van der Waals surface area contributed by atoms with Crippen LogP contribution in [0.5, 0.6) is 0 Å². The van der Waals surface area contributed by atoms with Crippen molar-refractivity contribution in [3.05, 3.63) is 76.9 Å². The van der Waals surface area contributed by atoms with Gasteiger partial charge in [-0.05, 0) is 27.7 Å². The second kappa shape index (κ2) is 4.38. The first-order valence-corrected chi connectivity index (χ1v) is 6.94. The number of benzene rings is 2. The van der Waals surface area contributed by atoms with Gasteiger partial charge in [0.15, 0.2) is 0 Å².